The summed E-state index contributed by atoms with van der Waals surface area (Å²) < 4.78 is 27.1. The van der Waals surface area contributed by atoms with E-state index in [0.29, 0.717) is 39.4 Å². The monoisotopic (exact) mass is 474 g/mol. The molecule has 0 bridgehead atoms. The highest BCUT2D eigenvalue weighted by Crippen LogP contribution is 2.36. The maximum absolute atomic E-state index is 12.6. The first-order valence-corrected chi connectivity index (χ1v) is 10.7. The van der Waals surface area contributed by atoms with Crippen molar-refractivity contribution in [3.8, 4) is 17.2 Å². The van der Waals surface area contributed by atoms with Crippen molar-refractivity contribution < 1.29 is 33.0 Å². The third kappa shape index (κ3) is 4.08. The van der Waals surface area contributed by atoms with Crippen molar-refractivity contribution in [2.75, 3.05) is 33.3 Å². The Morgan fingerprint density at radius 2 is 1.69 bits per heavy atom. The third-order valence-corrected chi connectivity index (χ3v) is 5.65. The van der Waals surface area contributed by atoms with E-state index in [-0.39, 0.29) is 5.69 Å². The largest absolute Gasteiger partial charge is 0.497 e. The maximum Gasteiger partial charge on any atom is 0.355 e. The van der Waals surface area contributed by atoms with Gasteiger partial charge in [0.1, 0.15) is 34.1 Å². The van der Waals surface area contributed by atoms with Crippen molar-refractivity contribution in [1.29, 1.82) is 0 Å². The number of furan rings is 1. The van der Waals surface area contributed by atoms with Gasteiger partial charge in [0.05, 0.1) is 32.5 Å². The molecule has 0 fully saturated rings. The van der Waals surface area contributed by atoms with Crippen LogP contribution in [0.15, 0.2) is 59.0 Å². The number of hydrogen-bond donors (Lipinski definition) is 2. The standard InChI is InChI=1S/C26H22N2O7/c1-31-15-8-14-9-19(28-25(14)23(10-15)33-3)26(30)34-13-24(29)27-18-12-21-17(11-22(18)32-2)16-6-4-5-7-20(16)35-21/h4-12,28H,13H2,1-3H3,(H,27,29). The number of hydrogen-bond acceptors (Lipinski definition) is 7. The Labute approximate surface area is 199 Å². The molecule has 0 aliphatic heterocycles. The van der Waals surface area contributed by atoms with Crippen LogP contribution in [0.25, 0.3) is 32.8 Å². The molecule has 0 aliphatic rings. The van der Waals surface area contributed by atoms with Crippen LogP contribution in [0.5, 0.6) is 17.2 Å². The molecule has 0 spiro atoms. The Hall–Kier alpha value is -4.66. The lowest BCUT2D eigenvalue weighted by atomic mass is 10.1. The van der Waals surface area contributed by atoms with Crippen molar-refractivity contribution in [2.45, 2.75) is 0 Å². The first-order chi connectivity index (χ1) is 17.0. The van der Waals surface area contributed by atoms with Crippen LogP contribution in [0.4, 0.5) is 5.69 Å². The Morgan fingerprint density at radius 1 is 0.886 bits per heavy atom. The molecule has 0 unspecified atom stereocenters. The summed E-state index contributed by atoms with van der Waals surface area (Å²) >= 11 is 0. The van der Waals surface area contributed by atoms with Gasteiger partial charge in [-0.3, -0.25) is 4.79 Å². The predicted octanol–water partition coefficient (Wildman–Crippen LogP) is 4.89. The van der Waals surface area contributed by atoms with Gasteiger partial charge in [0.25, 0.3) is 5.91 Å². The number of methoxy groups -OCH3 is 3. The summed E-state index contributed by atoms with van der Waals surface area (Å²) in [7, 11) is 4.58. The zero-order chi connectivity index (χ0) is 24.5. The topological polar surface area (TPSA) is 112 Å². The van der Waals surface area contributed by atoms with Gasteiger partial charge in [-0.15, -0.1) is 0 Å². The lowest BCUT2D eigenvalue weighted by Gasteiger charge is -2.10. The van der Waals surface area contributed by atoms with Crippen LogP contribution >= 0.6 is 0 Å². The van der Waals surface area contributed by atoms with E-state index in [1.165, 1.54) is 14.2 Å². The number of amides is 1. The summed E-state index contributed by atoms with van der Waals surface area (Å²) in [5, 5.41) is 5.24. The molecule has 2 N–H and O–H groups in total. The number of nitrogens with one attached hydrogen (secondary N) is 2. The van der Waals surface area contributed by atoms with Crippen LogP contribution in [-0.4, -0.2) is 44.8 Å². The van der Waals surface area contributed by atoms with E-state index in [9.17, 15) is 9.59 Å². The molecule has 9 heteroatoms. The molecule has 2 heterocycles. The number of carbonyl (C=O) groups excluding carboxylic acids is 2. The highest BCUT2D eigenvalue weighted by atomic mass is 16.5. The van der Waals surface area contributed by atoms with Gasteiger partial charge >= 0.3 is 5.97 Å². The van der Waals surface area contributed by atoms with Gasteiger partial charge in [-0.05, 0) is 24.3 Å². The van der Waals surface area contributed by atoms with Gasteiger partial charge in [0, 0.05) is 28.3 Å². The molecular formula is C26H22N2O7. The minimum Gasteiger partial charge on any atom is -0.497 e. The quantitative estimate of drug-likeness (QED) is 0.323. The zero-order valence-electron chi connectivity index (χ0n) is 19.3. The maximum atomic E-state index is 12.6. The fourth-order valence-electron chi connectivity index (χ4n) is 3.99. The van der Waals surface area contributed by atoms with Crippen LogP contribution in [0.1, 0.15) is 10.5 Å². The minimum atomic E-state index is -0.683. The van der Waals surface area contributed by atoms with Crippen molar-refractivity contribution >= 4 is 50.4 Å². The second kappa shape index (κ2) is 8.94. The fraction of sp³-hybridized carbons (Fsp3) is 0.154. The molecule has 0 radical (unpaired) electrons. The number of benzene rings is 3. The van der Waals surface area contributed by atoms with Crippen LogP contribution in [0.3, 0.4) is 0 Å². The van der Waals surface area contributed by atoms with Gasteiger partial charge in [-0.1, -0.05) is 18.2 Å². The van der Waals surface area contributed by atoms with E-state index in [4.69, 9.17) is 23.4 Å². The number of aromatic amines is 1. The lowest BCUT2D eigenvalue weighted by molar-refractivity contribution is -0.119. The number of anilines is 1. The molecule has 5 rings (SSSR count). The molecule has 0 saturated carbocycles. The van der Waals surface area contributed by atoms with Crippen molar-refractivity contribution in [3.63, 3.8) is 0 Å². The lowest BCUT2D eigenvalue weighted by Crippen LogP contribution is -2.21. The van der Waals surface area contributed by atoms with Crippen LogP contribution in [-0.2, 0) is 9.53 Å². The van der Waals surface area contributed by atoms with Crippen molar-refractivity contribution in [3.05, 3.63) is 60.3 Å². The Balaban J connectivity index is 1.31. The highest BCUT2D eigenvalue weighted by molar-refractivity contribution is 6.08. The smallest absolute Gasteiger partial charge is 0.355 e. The van der Waals surface area contributed by atoms with Crippen LogP contribution in [0, 0.1) is 0 Å². The molecule has 3 aromatic carbocycles. The van der Waals surface area contributed by atoms with Crippen LogP contribution in [0.2, 0.25) is 0 Å². The SMILES string of the molecule is COc1cc(OC)c2[nH]c(C(=O)OCC(=O)Nc3cc4oc5ccccc5c4cc3OC)cc2c1. The molecule has 5 aromatic rings. The van der Waals surface area contributed by atoms with Gasteiger partial charge in [0.15, 0.2) is 6.61 Å². The molecule has 2 aromatic heterocycles. The van der Waals surface area contributed by atoms with Crippen LogP contribution < -0.4 is 19.5 Å². The average Bonchev–Trinajstić information content (AvgIpc) is 3.47. The minimum absolute atomic E-state index is 0.181. The van der Waals surface area contributed by atoms with Gasteiger partial charge in [-0.2, -0.15) is 0 Å². The van der Waals surface area contributed by atoms with Crippen molar-refractivity contribution in [2.24, 2.45) is 0 Å². The molecule has 35 heavy (non-hydrogen) atoms. The summed E-state index contributed by atoms with van der Waals surface area (Å²) in [6.45, 7) is -0.490. The first-order valence-electron chi connectivity index (χ1n) is 10.7. The van der Waals surface area contributed by atoms with E-state index in [1.807, 2.05) is 24.3 Å². The molecule has 0 saturated heterocycles. The number of rotatable bonds is 7. The third-order valence-electron chi connectivity index (χ3n) is 5.65. The predicted molar refractivity (Wildman–Crippen MR) is 131 cm³/mol. The second-order valence-electron chi connectivity index (χ2n) is 7.75. The Morgan fingerprint density at radius 3 is 2.46 bits per heavy atom. The normalized spacial score (nSPS) is 11.1. The Kier molecular flexibility index (Phi) is 5.66. The first kappa shape index (κ1) is 22.1. The number of para-hydroxylation sites is 1. The molecule has 9 nitrogen and oxygen atoms in total. The van der Waals surface area contributed by atoms with Gasteiger partial charge in [0.2, 0.25) is 0 Å². The number of H-pyrrole nitrogens is 1. The average molecular weight is 474 g/mol. The Bertz CT molecular complexity index is 1580. The molecule has 0 aliphatic carbocycles. The number of esters is 1. The van der Waals surface area contributed by atoms with E-state index in [2.05, 4.69) is 10.3 Å². The number of carbonyl (C=O) groups is 2. The number of fused-ring (bicyclic) bond motifs is 4. The van der Waals surface area contributed by atoms with E-state index >= 15 is 0 Å². The molecule has 1 amide bonds. The number of ether oxygens (including phenoxy) is 4. The fourth-order valence-corrected chi connectivity index (χ4v) is 3.99. The van der Waals surface area contributed by atoms with Gasteiger partial charge in [-0.25, -0.2) is 4.79 Å². The summed E-state index contributed by atoms with van der Waals surface area (Å²) in [5.41, 5.74) is 2.54. The summed E-state index contributed by atoms with van der Waals surface area (Å²) in [6, 6.07) is 16.2. The molecule has 0 atom stereocenters. The zero-order valence-corrected chi connectivity index (χ0v) is 19.3. The van der Waals surface area contributed by atoms with Gasteiger partial charge < -0.3 is 33.7 Å². The second-order valence-corrected chi connectivity index (χ2v) is 7.75. The summed E-state index contributed by atoms with van der Waals surface area (Å²) in [4.78, 5) is 28.1. The summed E-state index contributed by atoms with van der Waals surface area (Å²) in [6.07, 6.45) is 0. The highest BCUT2D eigenvalue weighted by Gasteiger charge is 2.18. The summed E-state index contributed by atoms with van der Waals surface area (Å²) in [5.74, 6) is 0.354. The number of aromatic nitrogens is 1. The molecular weight excluding hydrogens is 452 g/mol. The molecule has 178 valence electrons. The van der Waals surface area contributed by atoms with E-state index in [1.54, 1.807) is 37.4 Å². The van der Waals surface area contributed by atoms with E-state index < -0.39 is 18.5 Å². The van der Waals surface area contributed by atoms with Crippen molar-refractivity contribution in [1.82, 2.24) is 4.98 Å². The van der Waals surface area contributed by atoms with E-state index in [0.717, 1.165) is 16.4 Å².